The molecular formula is C33H38N2O5. The van der Waals surface area contributed by atoms with Gasteiger partial charge in [0.1, 0.15) is 11.5 Å². The monoisotopic (exact) mass is 542 g/mol. The lowest BCUT2D eigenvalue weighted by Crippen LogP contribution is -2.08. The van der Waals surface area contributed by atoms with Crippen LogP contribution < -0.4 is 9.47 Å². The van der Waals surface area contributed by atoms with Gasteiger partial charge in [0.2, 0.25) is 0 Å². The number of carbonyl (C=O) groups excluding carboxylic acids is 2. The second-order valence-electron chi connectivity index (χ2n) is 9.56. The summed E-state index contributed by atoms with van der Waals surface area (Å²) in [5.41, 5.74) is 3.58. The maximum atomic E-state index is 12.7. The van der Waals surface area contributed by atoms with Gasteiger partial charge in [0.15, 0.2) is 0 Å². The van der Waals surface area contributed by atoms with E-state index in [1.165, 1.54) is 18.4 Å². The molecule has 0 amide bonds. The zero-order valence-electron chi connectivity index (χ0n) is 23.4. The highest BCUT2D eigenvalue weighted by atomic mass is 16.5. The normalized spacial score (nSPS) is 10.8. The molecule has 0 N–H and O–H groups in total. The number of nitrogens with zero attached hydrogens (tertiary/aromatic N) is 2. The summed E-state index contributed by atoms with van der Waals surface area (Å²) in [4.78, 5) is 24.0. The van der Waals surface area contributed by atoms with Crippen molar-refractivity contribution in [1.82, 2.24) is 0 Å². The number of azo groups is 1. The number of hydrogen-bond acceptors (Lipinski definition) is 7. The molecule has 40 heavy (non-hydrogen) atoms. The third-order valence-electron chi connectivity index (χ3n) is 6.04. The van der Waals surface area contributed by atoms with Crippen molar-refractivity contribution in [2.24, 2.45) is 10.2 Å². The number of hydrogen-bond donors (Lipinski definition) is 0. The summed E-state index contributed by atoms with van der Waals surface area (Å²) >= 11 is 0. The van der Waals surface area contributed by atoms with E-state index in [0.29, 0.717) is 41.5 Å². The molecule has 3 aromatic rings. The summed E-state index contributed by atoms with van der Waals surface area (Å²) in [6.45, 7) is 8.31. The molecule has 0 aromatic heterocycles. The Hall–Kier alpha value is -4.26. The summed E-state index contributed by atoms with van der Waals surface area (Å²) in [7, 11) is 0. The minimum Gasteiger partial charge on any atom is -0.494 e. The van der Waals surface area contributed by atoms with Gasteiger partial charge in [0, 0.05) is 5.57 Å². The molecule has 7 nitrogen and oxygen atoms in total. The third-order valence-corrected chi connectivity index (χ3v) is 6.04. The fourth-order valence-corrected chi connectivity index (χ4v) is 3.72. The van der Waals surface area contributed by atoms with Crippen LogP contribution in [0.3, 0.4) is 0 Å². The first-order valence-corrected chi connectivity index (χ1v) is 13.8. The Kier molecular flexibility index (Phi) is 12.6. The molecule has 0 heterocycles. The first-order valence-electron chi connectivity index (χ1n) is 13.8. The van der Waals surface area contributed by atoms with Crippen molar-refractivity contribution in [1.29, 1.82) is 0 Å². The SMILES string of the molecule is C=C(C)C(=O)OCCCCCCOc1cccc(C(=O)Oc2ccc(N=Nc3ccc(CCCC)cc3)cc2)c1. The van der Waals surface area contributed by atoms with Crippen molar-refractivity contribution in [2.75, 3.05) is 13.2 Å². The minimum atomic E-state index is -0.465. The van der Waals surface area contributed by atoms with Crippen LogP contribution in [0.1, 0.15) is 68.3 Å². The number of unbranched alkanes of at least 4 members (excludes halogenated alkanes) is 4. The molecule has 0 radical (unpaired) electrons. The standard InChI is InChI=1S/C33H38N2O5/c1-4-5-11-26-14-16-28(17-15-26)34-35-29-18-20-30(21-19-29)40-33(37)27-12-10-13-31(24-27)38-22-8-6-7-9-23-39-32(36)25(2)3/h10,12-21,24H,2,4-9,11,22-23H2,1,3H3. The van der Waals surface area contributed by atoms with Gasteiger partial charge in [-0.3, -0.25) is 0 Å². The summed E-state index contributed by atoms with van der Waals surface area (Å²) < 4.78 is 16.4. The first-order chi connectivity index (χ1) is 19.4. The molecule has 0 spiro atoms. The van der Waals surface area contributed by atoms with E-state index in [9.17, 15) is 9.59 Å². The summed E-state index contributed by atoms with van der Waals surface area (Å²) in [6.07, 6.45) is 6.98. The molecule has 0 saturated carbocycles. The molecular weight excluding hydrogens is 504 g/mol. The van der Waals surface area contributed by atoms with Crippen LogP contribution in [0.15, 0.2) is 95.2 Å². The number of benzene rings is 3. The minimum absolute atomic E-state index is 0.347. The van der Waals surface area contributed by atoms with Crippen molar-refractivity contribution in [3.63, 3.8) is 0 Å². The van der Waals surface area contributed by atoms with Gasteiger partial charge < -0.3 is 14.2 Å². The predicted molar refractivity (Wildman–Crippen MR) is 157 cm³/mol. The largest absolute Gasteiger partial charge is 0.494 e. The Morgan fingerprint density at radius 3 is 2.08 bits per heavy atom. The molecule has 0 atom stereocenters. The van der Waals surface area contributed by atoms with E-state index in [0.717, 1.165) is 37.8 Å². The van der Waals surface area contributed by atoms with Gasteiger partial charge in [-0.1, -0.05) is 38.1 Å². The highest BCUT2D eigenvalue weighted by molar-refractivity contribution is 5.91. The highest BCUT2D eigenvalue weighted by Crippen LogP contribution is 2.23. The van der Waals surface area contributed by atoms with E-state index in [1.807, 2.05) is 18.2 Å². The lowest BCUT2D eigenvalue weighted by Gasteiger charge is -2.09. The Bertz CT molecular complexity index is 1270. The van der Waals surface area contributed by atoms with Crippen LogP contribution in [-0.4, -0.2) is 25.2 Å². The van der Waals surface area contributed by atoms with Crippen LogP contribution in [0.25, 0.3) is 0 Å². The average Bonchev–Trinajstić information content (AvgIpc) is 2.97. The van der Waals surface area contributed by atoms with Gasteiger partial charge in [-0.15, -0.1) is 0 Å². The van der Waals surface area contributed by atoms with Crippen LogP contribution in [0.4, 0.5) is 11.4 Å². The number of esters is 2. The molecule has 0 aliphatic rings. The number of carbonyl (C=O) groups is 2. The molecule has 0 fully saturated rings. The first kappa shape index (κ1) is 30.3. The molecule has 7 heteroatoms. The molecule has 3 rings (SSSR count). The number of ether oxygens (including phenoxy) is 3. The maximum absolute atomic E-state index is 12.7. The molecule has 0 aliphatic heterocycles. The Labute approximate surface area is 236 Å². The molecule has 0 bridgehead atoms. The van der Waals surface area contributed by atoms with Crippen LogP contribution >= 0.6 is 0 Å². The Morgan fingerprint density at radius 2 is 1.43 bits per heavy atom. The highest BCUT2D eigenvalue weighted by Gasteiger charge is 2.10. The van der Waals surface area contributed by atoms with Crippen LogP contribution in [0.2, 0.25) is 0 Å². The van der Waals surface area contributed by atoms with E-state index in [-0.39, 0.29) is 5.97 Å². The predicted octanol–water partition coefficient (Wildman–Crippen LogP) is 8.72. The zero-order valence-corrected chi connectivity index (χ0v) is 23.4. The van der Waals surface area contributed by atoms with Crippen LogP contribution in [0.5, 0.6) is 11.5 Å². The van der Waals surface area contributed by atoms with E-state index < -0.39 is 5.97 Å². The lowest BCUT2D eigenvalue weighted by atomic mass is 10.1. The quantitative estimate of drug-likeness (QED) is 0.0594. The second-order valence-corrected chi connectivity index (χ2v) is 9.56. The fourth-order valence-electron chi connectivity index (χ4n) is 3.72. The van der Waals surface area contributed by atoms with Gasteiger partial charge in [-0.2, -0.15) is 10.2 Å². The second kappa shape index (κ2) is 16.6. The van der Waals surface area contributed by atoms with Crippen molar-refractivity contribution >= 4 is 23.3 Å². The molecule has 0 saturated heterocycles. The Morgan fingerprint density at radius 1 is 0.775 bits per heavy atom. The lowest BCUT2D eigenvalue weighted by molar-refractivity contribution is -0.139. The summed E-state index contributed by atoms with van der Waals surface area (Å²) in [5.74, 6) is 0.218. The van der Waals surface area contributed by atoms with E-state index in [4.69, 9.17) is 14.2 Å². The summed E-state index contributed by atoms with van der Waals surface area (Å²) in [6, 6.07) is 22.0. The van der Waals surface area contributed by atoms with Crippen molar-refractivity contribution in [3.8, 4) is 11.5 Å². The number of aryl methyl sites for hydroxylation is 1. The fraction of sp³-hybridized carbons (Fsp3) is 0.333. The van der Waals surface area contributed by atoms with Gasteiger partial charge in [0.25, 0.3) is 0 Å². The smallest absolute Gasteiger partial charge is 0.343 e. The maximum Gasteiger partial charge on any atom is 0.343 e. The number of rotatable bonds is 16. The van der Waals surface area contributed by atoms with Crippen molar-refractivity contribution < 1.29 is 23.8 Å². The molecule has 210 valence electrons. The van der Waals surface area contributed by atoms with Crippen LogP contribution in [0, 0.1) is 0 Å². The summed E-state index contributed by atoms with van der Waals surface area (Å²) in [5, 5.41) is 8.56. The van der Waals surface area contributed by atoms with Gasteiger partial charge in [-0.05, 0) is 106 Å². The molecule has 0 unspecified atom stereocenters. The van der Waals surface area contributed by atoms with E-state index >= 15 is 0 Å². The van der Waals surface area contributed by atoms with Crippen molar-refractivity contribution in [2.45, 2.75) is 58.8 Å². The van der Waals surface area contributed by atoms with Crippen molar-refractivity contribution in [3.05, 3.63) is 96.1 Å². The van der Waals surface area contributed by atoms with Gasteiger partial charge in [-0.25, -0.2) is 9.59 Å². The van der Waals surface area contributed by atoms with E-state index in [2.05, 4.69) is 35.9 Å². The van der Waals surface area contributed by atoms with Gasteiger partial charge >= 0.3 is 11.9 Å². The molecule has 0 aliphatic carbocycles. The topological polar surface area (TPSA) is 86.5 Å². The molecule has 3 aromatic carbocycles. The zero-order chi connectivity index (χ0) is 28.6. The average molecular weight is 543 g/mol. The van der Waals surface area contributed by atoms with Crippen LogP contribution in [-0.2, 0) is 16.0 Å². The third kappa shape index (κ3) is 10.8. The van der Waals surface area contributed by atoms with E-state index in [1.54, 1.807) is 49.4 Å². The van der Waals surface area contributed by atoms with Gasteiger partial charge in [0.05, 0.1) is 30.2 Å². The Balaban J connectivity index is 1.40.